The lowest BCUT2D eigenvalue weighted by Gasteiger charge is -2.25. The first-order valence-electron chi connectivity index (χ1n) is 13.2. The summed E-state index contributed by atoms with van der Waals surface area (Å²) in [5.74, 6) is -0.243. The van der Waals surface area contributed by atoms with Crippen molar-refractivity contribution in [2.75, 3.05) is 24.7 Å². The number of rotatable bonds is 12. The van der Waals surface area contributed by atoms with E-state index in [0.717, 1.165) is 17.5 Å². The topological polar surface area (TPSA) is 111 Å². The van der Waals surface area contributed by atoms with Crippen molar-refractivity contribution in [1.29, 1.82) is 0 Å². The number of carbonyl (C=O) groups excluding carboxylic acids is 2. The molecule has 2 aromatic heterocycles. The summed E-state index contributed by atoms with van der Waals surface area (Å²) in [6, 6.07) is 12.8. The van der Waals surface area contributed by atoms with Crippen LogP contribution in [0.2, 0.25) is 0 Å². The second kappa shape index (κ2) is 11.8. The highest BCUT2D eigenvalue weighted by Crippen LogP contribution is 2.46. The zero-order chi connectivity index (χ0) is 28.2. The van der Waals surface area contributed by atoms with Gasteiger partial charge in [0.25, 0.3) is 5.91 Å². The van der Waals surface area contributed by atoms with Crippen LogP contribution in [0.4, 0.5) is 5.13 Å². The molecule has 1 amide bonds. The smallest absolute Gasteiger partial charge is 0.296 e. The van der Waals surface area contributed by atoms with E-state index in [9.17, 15) is 14.7 Å². The Morgan fingerprint density at radius 1 is 1.05 bits per heavy atom. The second-order valence-corrected chi connectivity index (χ2v) is 10.1. The highest BCUT2D eigenvalue weighted by atomic mass is 32.1. The fourth-order valence-electron chi connectivity index (χ4n) is 4.55. The minimum Gasteiger partial charge on any atom is -0.503 e. The number of ketones is 1. The molecule has 1 N–H and O–H groups in total. The Morgan fingerprint density at radius 2 is 1.88 bits per heavy atom. The van der Waals surface area contributed by atoms with Crippen LogP contribution in [-0.2, 0) is 4.79 Å². The molecule has 0 radical (unpaired) electrons. The highest BCUT2D eigenvalue weighted by Gasteiger charge is 2.46. The van der Waals surface area contributed by atoms with Crippen molar-refractivity contribution < 1.29 is 33.3 Å². The van der Waals surface area contributed by atoms with E-state index in [4.69, 9.17) is 18.6 Å². The SMILES string of the molecule is CCCCOc1ccc(C2C(C(=O)c3ccco3)=C(O)C(=O)N2c2nc3ccc(OCC)cc3s2)cc1OCC. The number of anilines is 1. The van der Waals surface area contributed by atoms with E-state index < -0.39 is 23.5 Å². The number of nitrogens with zero attached hydrogens (tertiary/aromatic N) is 2. The van der Waals surface area contributed by atoms with Crippen LogP contribution in [0.15, 0.2) is 70.5 Å². The predicted molar refractivity (Wildman–Crippen MR) is 152 cm³/mol. The third kappa shape index (κ3) is 5.14. The molecule has 40 heavy (non-hydrogen) atoms. The zero-order valence-corrected chi connectivity index (χ0v) is 23.3. The number of furan rings is 1. The van der Waals surface area contributed by atoms with E-state index in [0.29, 0.717) is 53.3 Å². The minimum absolute atomic E-state index is 0.0106. The fraction of sp³-hybridized carbons (Fsp3) is 0.300. The molecule has 2 aromatic carbocycles. The summed E-state index contributed by atoms with van der Waals surface area (Å²) >= 11 is 1.27. The number of aromatic nitrogens is 1. The van der Waals surface area contributed by atoms with Gasteiger partial charge in [0.2, 0.25) is 5.78 Å². The first-order valence-corrected chi connectivity index (χ1v) is 14.1. The minimum atomic E-state index is -0.985. The maximum absolute atomic E-state index is 13.6. The maximum Gasteiger partial charge on any atom is 0.296 e. The number of hydrogen-bond acceptors (Lipinski definition) is 9. The first-order chi connectivity index (χ1) is 19.5. The van der Waals surface area contributed by atoms with Gasteiger partial charge in [-0.05, 0) is 68.3 Å². The molecular weight excluding hydrogens is 532 g/mol. The van der Waals surface area contributed by atoms with Crippen molar-refractivity contribution in [2.45, 2.75) is 39.7 Å². The van der Waals surface area contributed by atoms with Crippen LogP contribution in [-0.4, -0.2) is 41.6 Å². The summed E-state index contributed by atoms with van der Waals surface area (Å²) in [6.45, 7) is 7.28. The van der Waals surface area contributed by atoms with Crippen molar-refractivity contribution >= 4 is 38.4 Å². The number of aliphatic hydroxyl groups is 1. The summed E-state index contributed by atoms with van der Waals surface area (Å²) in [5.41, 5.74) is 1.11. The molecule has 10 heteroatoms. The Balaban J connectivity index is 1.62. The Bertz CT molecular complexity index is 1560. The molecule has 4 aromatic rings. The molecule has 1 aliphatic rings. The lowest BCUT2D eigenvalue weighted by molar-refractivity contribution is -0.117. The lowest BCUT2D eigenvalue weighted by atomic mass is 9.95. The molecule has 1 aliphatic heterocycles. The van der Waals surface area contributed by atoms with E-state index in [1.54, 1.807) is 24.3 Å². The normalized spacial score (nSPS) is 15.2. The van der Waals surface area contributed by atoms with Crippen molar-refractivity contribution in [3.63, 3.8) is 0 Å². The van der Waals surface area contributed by atoms with E-state index in [2.05, 4.69) is 11.9 Å². The van der Waals surface area contributed by atoms with Gasteiger partial charge in [0.05, 0.1) is 47.9 Å². The molecule has 208 valence electrons. The number of benzene rings is 2. The van der Waals surface area contributed by atoms with Gasteiger partial charge in [0, 0.05) is 0 Å². The number of fused-ring (bicyclic) bond motifs is 1. The molecule has 0 saturated carbocycles. The van der Waals surface area contributed by atoms with Gasteiger partial charge in [-0.15, -0.1) is 0 Å². The van der Waals surface area contributed by atoms with Gasteiger partial charge < -0.3 is 23.7 Å². The van der Waals surface area contributed by atoms with Gasteiger partial charge >= 0.3 is 0 Å². The fourth-order valence-corrected chi connectivity index (χ4v) is 5.57. The predicted octanol–water partition coefficient (Wildman–Crippen LogP) is 6.65. The van der Waals surface area contributed by atoms with Gasteiger partial charge in [-0.1, -0.05) is 30.7 Å². The number of unbranched alkanes of at least 4 members (excludes halogenated alkanes) is 1. The van der Waals surface area contributed by atoms with Crippen LogP contribution in [0, 0.1) is 0 Å². The quantitative estimate of drug-likeness (QED) is 0.151. The molecule has 9 nitrogen and oxygen atoms in total. The zero-order valence-electron chi connectivity index (χ0n) is 22.5. The van der Waals surface area contributed by atoms with Gasteiger partial charge in [-0.25, -0.2) is 4.98 Å². The Morgan fingerprint density at radius 3 is 2.60 bits per heavy atom. The number of thiazole rings is 1. The number of hydrogen-bond donors (Lipinski definition) is 1. The maximum atomic E-state index is 13.6. The Hall–Kier alpha value is -4.31. The van der Waals surface area contributed by atoms with Gasteiger partial charge in [-0.3, -0.25) is 14.5 Å². The molecular formula is C30H30N2O7S. The number of Topliss-reactive ketones (excluding diaryl/α,β-unsaturated/α-hetero) is 1. The molecule has 5 rings (SSSR count). The highest BCUT2D eigenvalue weighted by molar-refractivity contribution is 7.22. The molecule has 0 bridgehead atoms. The largest absolute Gasteiger partial charge is 0.503 e. The van der Waals surface area contributed by atoms with Crippen LogP contribution in [0.5, 0.6) is 17.2 Å². The van der Waals surface area contributed by atoms with E-state index in [1.165, 1.54) is 28.6 Å². The average molecular weight is 563 g/mol. The first kappa shape index (κ1) is 27.3. The molecule has 0 spiro atoms. The number of aliphatic hydroxyl groups excluding tert-OH is 1. The molecule has 1 unspecified atom stereocenters. The third-order valence-electron chi connectivity index (χ3n) is 6.40. The number of amides is 1. The van der Waals surface area contributed by atoms with Crippen molar-refractivity contribution in [2.24, 2.45) is 0 Å². The summed E-state index contributed by atoms with van der Waals surface area (Å²) in [4.78, 5) is 33.2. The molecule has 1 atom stereocenters. The van der Waals surface area contributed by atoms with E-state index >= 15 is 0 Å². The van der Waals surface area contributed by atoms with Crippen molar-refractivity contribution in [3.8, 4) is 17.2 Å². The molecule has 0 saturated heterocycles. The standard InChI is InChI=1S/C30H30N2O7S/c1-4-7-14-38-21-13-10-18(16-23(21)37-6-3)26-25(27(33)22-9-8-15-39-22)28(34)29(35)32(26)30-31-20-12-11-19(36-5-2)17-24(20)40-30/h8-13,15-17,26,34H,4-7,14H2,1-3H3. The molecule has 0 aliphatic carbocycles. The van der Waals surface area contributed by atoms with Crippen LogP contribution in [0.3, 0.4) is 0 Å². The van der Waals surface area contributed by atoms with E-state index in [-0.39, 0.29) is 11.3 Å². The van der Waals surface area contributed by atoms with Gasteiger partial charge in [0.15, 0.2) is 28.1 Å². The van der Waals surface area contributed by atoms with Gasteiger partial charge in [0.1, 0.15) is 5.75 Å². The molecule has 0 fully saturated rings. The van der Waals surface area contributed by atoms with Crippen LogP contribution >= 0.6 is 11.3 Å². The summed E-state index contributed by atoms with van der Waals surface area (Å²) < 4.78 is 23.6. The Kier molecular flexibility index (Phi) is 8.06. The second-order valence-electron chi connectivity index (χ2n) is 9.05. The number of ether oxygens (including phenoxy) is 3. The number of carbonyl (C=O) groups is 2. The summed E-state index contributed by atoms with van der Waals surface area (Å²) in [5, 5.41) is 11.4. The lowest BCUT2D eigenvalue weighted by Crippen LogP contribution is -2.31. The van der Waals surface area contributed by atoms with Gasteiger partial charge in [-0.2, -0.15) is 0 Å². The van der Waals surface area contributed by atoms with Crippen molar-refractivity contribution in [3.05, 3.63) is 77.5 Å². The third-order valence-corrected chi connectivity index (χ3v) is 7.42. The average Bonchev–Trinajstić information content (AvgIpc) is 3.68. The van der Waals surface area contributed by atoms with Crippen molar-refractivity contribution in [1.82, 2.24) is 4.98 Å². The van der Waals surface area contributed by atoms with Crippen LogP contribution < -0.4 is 19.1 Å². The Labute approximate surface area is 235 Å². The summed E-state index contributed by atoms with van der Waals surface area (Å²) in [7, 11) is 0. The van der Waals surface area contributed by atoms with E-state index in [1.807, 2.05) is 32.0 Å². The molecule has 3 heterocycles. The van der Waals surface area contributed by atoms with Crippen LogP contribution in [0.25, 0.3) is 10.2 Å². The monoisotopic (exact) mass is 562 g/mol. The summed E-state index contributed by atoms with van der Waals surface area (Å²) in [6.07, 6.45) is 3.24. The van der Waals surface area contributed by atoms with Crippen LogP contribution in [0.1, 0.15) is 55.8 Å².